The number of nitrogens with two attached hydrogens (primary N) is 1. The fourth-order valence-corrected chi connectivity index (χ4v) is 2.77. The monoisotopic (exact) mass is 412 g/mol. The Morgan fingerprint density at radius 2 is 1.78 bits per heavy atom. The zero-order valence-corrected chi connectivity index (χ0v) is 15.8. The van der Waals surface area contributed by atoms with Crippen LogP contribution in [0.4, 0.5) is 5.69 Å². The molecule has 0 spiro atoms. The van der Waals surface area contributed by atoms with E-state index in [0.29, 0.717) is 16.5 Å². The van der Waals surface area contributed by atoms with E-state index in [4.69, 9.17) is 26.2 Å². The van der Waals surface area contributed by atoms with Gasteiger partial charge < -0.3 is 14.8 Å². The van der Waals surface area contributed by atoms with E-state index in [1.54, 1.807) is 25.1 Å². The summed E-state index contributed by atoms with van der Waals surface area (Å²) in [6, 6.07) is 10.2. The third-order valence-electron chi connectivity index (χ3n) is 3.31. The second-order valence-electron chi connectivity index (χ2n) is 5.48. The van der Waals surface area contributed by atoms with Gasteiger partial charge in [-0.2, -0.15) is 0 Å². The average Bonchev–Trinajstić information content (AvgIpc) is 2.59. The number of halogens is 1. The van der Waals surface area contributed by atoms with Gasteiger partial charge in [0.15, 0.2) is 13.2 Å². The molecule has 0 saturated carbocycles. The summed E-state index contributed by atoms with van der Waals surface area (Å²) in [7, 11) is -3.81. The fraction of sp³-hybridized carbons (Fsp3) is 0.176. The van der Waals surface area contributed by atoms with Gasteiger partial charge in [0.1, 0.15) is 5.75 Å². The Kier molecular flexibility index (Phi) is 6.78. The molecule has 0 fully saturated rings. The van der Waals surface area contributed by atoms with E-state index >= 15 is 0 Å². The lowest BCUT2D eigenvalue weighted by molar-refractivity contribution is -0.149. The molecule has 0 radical (unpaired) electrons. The van der Waals surface area contributed by atoms with Crippen molar-refractivity contribution in [1.82, 2.24) is 0 Å². The van der Waals surface area contributed by atoms with Gasteiger partial charge in [0.05, 0.1) is 4.90 Å². The molecule has 0 aliphatic heterocycles. The predicted octanol–water partition coefficient (Wildman–Crippen LogP) is 1.86. The average molecular weight is 413 g/mol. The number of amides is 1. The SMILES string of the molecule is Cc1cc(Cl)ccc1OCC(=O)OCC(=O)Nc1ccc(S(N)(=O)=O)cc1. The van der Waals surface area contributed by atoms with E-state index in [2.05, 4.69) is 5.32 Å². The second-order valence-corrected chi connectivity index (χ2v) is 7.47. The van der Waals surface area contributed by atoms with E-state index in [9.17, 15) is 18.0 Å². The molecule has 0 heterocycles. The van der Waals surface area contributed by atoms with Crippen molar-refractivity contribution in [1.29, 1.82) is 0 Å². The maximum absolute atomic E-state index is 11.8. The second kappa shape index (κ2) is 8.85. The van der Waals surface area contributed by atoms with Gasteiger partial charge in [-0.25, -0.2) is 18.4 Å². The first kappa shape index (κ1) is 20.7. The summed E-state index contributed by atoms with van der Waals surface area (Å²) >= 11 is 5.83. The van der Waals surface area contributed by atoms with Crippen molar-refractivity contribution in [2.24, 2.45) is 5.14 Å². The summed E-state index contributed by atoms with van der Waals surface area (Å²) in [6.07, 6.45) is 0. The van der Waals surface area contributed by atoms with Crippen molar-refractivity contribution < 1.29 is 27.5 Å². The topological polar surface area (TPSA) is 125 Å². The highest BCUT2D eigenvalue weighted by Crippen LogP contribution is 2.21. The Balaban J connectivity index is 1.78. The smallest absolute Gasteiger partial charge is 0.344 e. The maximum atomic E-state index is 11.8. The minimum atomic E-state index is -3.81. The first-order valence-electron chi connectivity index (χ1n) is 7.62. The first-order chi connectivity index (χ1) is 12.6. The normalized spacial score (nSPS) is 10.9. The molecule has 1 amide bonds. The molecule has 0 saturated heterocycles. The van der Waals surface area contributed by atoms with Crippen LogP contribution in [0.5, 0.6) is 5.75 Å². The first-order valence-corrected chi connectivity index (χ1v) is 9.55. The number of sulfonamides is 1. The molecule has 0 atom stereocenters. The molecule has 27 heavy (non-hydrogen) atoms. The van der Waals surface area contributed by atoms with Crippen molar-refractivity contribution in [3.05, 3.63) is 53.1 Å². The molecular weight excluding hydrogens is 396 g/mol. The van der Waals surface area contributed by atoms with Crippen LogP contribution in [-0.4, -0.2) is 33.5 Å². The molecule has 0 aromatic heterocycles. The molecule has 2 rings (SSSR count). The summed E-state index contributed by atoms with van der Waals surface area (Å²) in [5.41, 5.74) is 1.09. The Morgan fingerprint density at radius 3 is 2.37 bits per heavy atom. The number of rotatable bonds is 7. The van der Waals surface area contributed by atoms with Crippen LogP contribution in [0.15, 0.2) is 47.4 Å². The molecule has 144 valence electrons. The molecule has 8 nitrogen and oxygen atoms in total. The van der Waals surface area contributed by atoms with Crippen LogP contribution in [0.1, 0.15) is 5.56 Å². The standard InChI is InChI=1S/C17H17ClN2O6S/c1-11-8-12(18)2-7-15(11)25-10-17(22)26-9-16(21)20-13-3-5-14(6-4-13)27(19,23)24/h2-8H,9-10H2,1H3,(H,20,21)(H2,19,23,24). The highest BCUT2D eigenvalue weighted by Gasteiger charge is 2.11. The molecule has 0 aliphatic rings. The van der Waals surface area contributed by atoms with Gasteiger partial charge in [-0.05, 0) is 55.0 Å². The third-order valence-corrected chi connectivity index (χ3v) is 4.48. The van der Waals surface area contributed by atoms with Crippen molar-refractivity contribution in [2.75, 3.05) is 18.5 Å². The lowest BCUT2D eigenvalue weighted by Gasteiger charge is -2.10. The number of ether oxygens (including phenoxy) is 2. The lowest BCUT2D eigenvalue weighted by atomic mass is 10.2. The van der Waals surface area contributed by atoms with E-state index in [0.717, 1.165) is 5.56 Å². The predicted molar refractivity (Wildman–Crippen MR) is 99.1 cm³/mol. The van der Waals surface area contributed by atoms with E-state index in [-0.39, 0.29) is 11.5 Å². The number of aryl methyl sites for hydroxylation is 1. The van der Waals surface area contributed by atoms with Crippen LogP contribution in [0.2, 0.25) is 5.02 Å². The number of hydrogen-bond acceptors (Lipinski definition) is 6. The molecule has 2 aromatic carbocycles. The molecule has 0 bridgehead atoms. The summed E-state index contributed by atoms with van der Waals surface area (Å²) in [5.74, 6) is -0.825. The Hall–Kier alpha value is -2.62. The molecule has 3 N–H and O–H groups in total. The van der Waals surface area contributed by atoms with Crippen LogP contribution >= 0.6 is 11.6 Å². The molecule has 0 aliphatic carbocycles. The van der Waals surface area contributed by atoms with Crippen molar-refractivity contribution in [3.8, 4) is 5.75 Å². The summed E-state index contributed by atoms with van der Waals surface area (Å²) in [5, 5.41) is 8.00. The Bertz CT molecular complexity index is 944. The van der Waals surface area contributed by atoms with Gasteiger partial charge in [0, 0.05) is 10.7 Å². The largest absolute Gasteiger partial charge is 0.482 e. The molecule has 10 heteroatoms. The van der Waals surface area contributed by atoms with Crippen molar-refractivity contribution >= 4 is 39.2 Å². The van der Waals surface area contributed by atoms with Gasteiger partial charge in [-0.3, -0.25) is 4.79 Å². The lowest BCUT2D eigenvalue weighted by Crippen LogP contribution is -2.23. The zero-order chi connectivity index (χ0) is 20.0. The van der Waals surface area contributed by atoms with Crippen LogP contribution in [0.25, 0.3) is 0 Å². The van der Waals surface area contributed by atoms with Gasteiger partial charge in [0.2, 0.25) is 10.0 Å². The summed E-state index contributed by atoms with van der Waals surface area (Å²) in [6.45, 7) is 0.901. The highest BCUT2D eigenvalue weighted by molar-refractivity contribution is 7.89. The number of nitrogens with one attached hydrogen (secondary N) is 1. The fourth-order valence-electron chi connectivity index (χ4n) is 2.02. The Labute approximate surface area is 161 Å². The zero-order valence-electron chi connectivity index (χ0n) is 14.3. The van der Waals surface area contributed by atoms with Crippen molar-refractivity contribution in [2.45, 2.75) is 11.8 Å². The van der Waals surface area contributed by atoms with Gasteiger partial charge >= 0.3 is 5.97 Å². The number of benzene rings is 2. The van der Waals surface area contributed by atoms with E-state index in [1.807, 2.05) is 0 Å². The molecule has 0 unspecified atom stereocenters. The number of carbonyl (C=O) groups excluding carboxylic acids is 2. The number of primary sulfonamides is 1. The summed E-state index contributed by atoms with van der Waals surface area (Å²) in [4.78, 5) is 23.4. The molecule has 2 aromatic rings. The molecular formula is C17H17ClN2O6S. The number of esters is 1. The van der Waals surface area contributed by atoms with Crippen molar-refractivity contribution in [3.63, 3.8) is 0 Å². The van der Waals surface area contributed by atoms with Crippen LogP contribution in [0, 0.1) is 6.92 Å². The number of hydrogen-bond donors (Lipinski definition) is 2. The summed E-state index contributed by atoms with van der Waals surface area (Å²) < 4.78 is 32.5. The minimum absolute atomic E-state index is 0.0819. The Morgan fingerprint density at radius 1 is 1.11 bits per heavy atom. The van der Waals surface area contributed by atoms with E-state index in [1.165, 1.54) is 24.3 Å². The van der Waals surface area contributed by atoms with Gasteiger partial charge in [-0.15, -0.1) is 0 Å². The van der Waals surface area contributed by atoms with Gasteiger partial charge in [-0.1, -0.05) is 11.6 Å². The highest BCUT2D eigenvalue weighted by atomic mass is 35.5. The van der Waals surface area contributed by atoms with Gasteiger partial charge in [0.25, 0.3) is 5.91 Å². The third kappa shape index (κ3) is 6.55. The van der Waals surface area contributed by atoms with Crippen LogP contribution < -0.4 is 15.2 Å². The number of carbonyl (C=O) groups is 2. The van der Waals surface area contributed by atoms with Crippen LogP contribution in [-0.2, 0) is 24.3 Å². The number of anilines is 1. The minimum Gasteiger partial charge on any atom is -0.482 e. The van der Waals surface area contributed by atoms with E-state index < -0.39 is 28.5 Å². The van der Waals surface area contributed by atoms with Crippen LogP contribution in [0.3, 0.4) is 0 Å². The quantitative estimate of drug-likeness (QED) is 0.668. The maximum Gasteiger partial charge on any atom is 0.344 e.